The minimum absolute atomic E-state index is 0.0563. The van der Waals surface area contributed by atoms with Crippen LogP contribution in [0, 0.1) is 0 Å². The van der Waals surface area contributed by atoms with E-state index in [9.17, 15) is 4.79 Å². The zero-order chi connectivity index (χ0) is 22.9. The smallest absolute Gasteiger partial charge is 0.257 e. The quantitative estimate of drug-likeness (QED) is 0.565. The van der Waals surface area contributed by atoms with E-state index < -0.39 is 0 Å². The number of likely N-dealkylation sites (tertiary alicyclic amines) is 1. The number of carbonyl (C=O) groups excluding carboxylic acids is 1. The number of rotatable bonds is 6. The van der Waals surface area contributed by atoms with E-state index in [0.29, 0.717) is 31.2 Å². The van der Waals surface area contributed by atoms with Gasteiger partial charge in [0.05, 0.1) is 14.2 Å². The maximum Gasteiger partial charge on any atom is 0.257 e. The van der Waals surface area contributed by atoms with E-state index in [1.807, 2.05) is 30.3 Å². The lowest BCUT2D eigenvalue weighted by molar-refractivity contribution is -0.128. The highest BCUT2D eigenvalue weighted by Crippen LogP contribution is 2.32. The molecule has 2 heterocycles. The highest BCUT2D eigenvalue weighted by Gasteiger charge is 2.34. The Morgan fingerprint density at radius 1 is 1.09 bits per heavy atom. The fourth-order valence-electron chi connectivity index (χ4n) is 3.94. The Bertz CT molecular complexity index is 1100. The van der Waals surface area contributed by atoms with Crippen molar-refractivity contribution in [1.82, 2.24) is 15.0 Å². The molecule has 32 heavy (non-hydrogen) atoms. The summed E-state index contributed by atoms with van der Waals surface area (Å²) in [6, 6.07) is 13.8. The molecule has 3 aromatic rings. The van der Waals surface area contributed by atoms with Crippen molar-refractivity contribution in [3.05, 3.63) is 59.4 Å². The van der Waals surface area contributed by atoms with E-state index in [1.54, 1.807) is 19.1 Å². The van der Waals surface area contributed by atoms with Crippen molar-refractivity contribution < 1.29 is 18.8 Å². The Hall–Kier alpha value is -3.35. The number of carbonyl (C=O) groups is 1. The third-order valence-electron chi connectivity index (χ3n) is 5.87. The van der Waals surface area contributed by atoms with E-state index in [1.165, 1.54) is 5.56 Å². The summed E-state index contributed by atoms with van der Waals surface area (Å²) in [5, 5.41) is 4.17. The molecule has 4 rings (SSSR count). The second-order valence-corrected chi connectivity index (χ2v) is 9.14. The number of hydrogen-bond acceptors (Lipinski definition) is 6. The third kappa shape index (κ3) is 4.47. The second-order valence-electron chi connectivity index (χ2n) is 9.14. The summed E-state index contributed by atoms with van der Waals surface area (Å²) in [5.74, 6) is 2.44. The van der Waals surface area contributed by atoms with Crippen LogP contribution in [0.3, 0.4) is 0 Å². The van der Waals surface area contributed by atoms with Crippen molar-refractivity contribution in [2.75, 3.05) is 20.8 Å². The van der Waals surface area contributed by atoms with E-state index in [2.05, 4.69) is 43.0 Å². The zero-order valence-corrected chi connectivity index (χ0v) is 19.2. The minimum atomic E-state index is -0.106. The summed E-state index contributed by atoms with van der Waals surface area (Å²) in [5.41, 5.74) is 3.09. The predicted molar refractivity (Wildman–Crippen MR) is 121 cm³/mol. The molecule has 1 aliphatic rings. The standard InChI is InChI=1S/C25H29N3O4/c1-25(2,3)19-8-6-16(7-9-19)24-26-23(27-32-24)18-13-22(29)28(15-18)14-17-12-20(30-4)10-11-21(17)31-5/h6-12,18H,13-15H2,1-5H3. The van der Waals surface area contributed by atoms with Crippen LogP contribution in [0.5, 0.6) is 11.5 Å². The van der Waals surface area contributed by atoms with Gasteiger partial charge in [-0.15, -0.1) is 0 Å². The fraction of sp³-hybridized carbons (Fsp3) is 0.400. The van der Waals surface area contributed by atoms with Gasteiger partial charge in [0.2, 0.25) is 5.91 Å². The Balaban J connectivity index is 1.48. The SMILES string of the molecule is COc1ccc(OC)c(CN2CC(c3noc(-c4ccc(C(C)(C)C)cc4)n3)CC2=O)c1. The van der Waals surface area contributed by atoms with Gasteiger partial charge in [-0.3, -0.25) is 4.79 Å². The molecule has 1 aromatic heterocycles. The average Bonchev–Trinajstić information content (AvgIpc) is 3.40. The predicted octanol–water partition coefficient (Wildman–Crippen LogP) is 4.57. The summed E-state index contributed by atoms with van der Waals surface area (Å²) in [6.45, 7) is 7.50. The van der Waals surface area contributed by atoms with Crippen molar-refractivity contribution >= 4 is 5.91 Å². The molecule has 1 aliphatic heterocycles. The maximum atomic E-state index is 12.7. The number of hydrogen-bond donors (Lipinski definition) is 0. The minimum Gasteiger partial charge on any atom is -0.497 e. The molecule has 7 heteroatoms. The van der Waals surface area contributed by atoms with E-state index >= 15 is 0 Å². The molecule has 0 radical (unpaired) electrons. The van der Waals surface area contributed by atoms with Crippen LogP contribution in [0.15, 0.2) is 47.0 Å². The number of aromatic nitrogens is 2. The first kappa shape index (κ1) is 21.9. The maximum absolute atomic E-state index is 12.7. The number of nitrogens with zero attached hydrogens (tertiary/aromatic N) is 3. The molecule has 7 nitrogen and oxygen atoms in total. The van der Waals surface area contributed by atoms with E-state index in [0.717, 1.165) is 22.6 Å². The van der Waals surface area contributed by atoms with Gasteiger partial charge in [0.15, 0.2) is 5.82 Å². The Morgan fingerprint density at radius 2 is 1.84 bits per heavy atom. The molecule has 0 aliphatic carbocycles. The van der Waals surface area contributed by atoms with Crippen molar-refractivity contribution in [3.8, 4) is 23.0 Å². The molecular weight excluding hydrogens is 406 g/mol. The van der Waals surface area contributed by atoms with Gasteiger partial charge < -0.3 is 18.9 Å². The van der Waals surface area contributed by atoms with Crippen molar-refractivity contribution in [2.45, 2.75) is 45.1 Å². The van der Waals surface area contributed by atoms with Gasteiger partial charge in [-0.1, -0.05) is 38.1 Å². The zero-order valence-electron chi connectivity index (χ0n) is 19.2. The molecule has 0 bridgehead atoms. The first-order chi connectivity index (χ1) is 15.3. The Kier molecular flexibility index (Phi) is 5.91. The summed E-state index contributed by atoms with van der Waals surface area (Å²) in [6.07, 6.45) is 0.355. The monoisotopic (exact) mass is 435 g/mol. The topological polar surface area (TPSA) is 77.7 Å². The van der Waals surface area contributed by atoms with Crippen molar-refractivity contribution in [2.24, 2.45) is 0 Å². The molecule has 1 unspecified atom stereocenters. The van der Waals surface area contributed by atoms with Crippen LogP contribution in [0.4, 0.5) is 0 Å². The molecule has 1 atom stereocenters. The van der Waals surface area contributed by atoms with Gasteiger partial charge in [-0.2, -0.15) is 4.98 Å². The first-order valence-corrected chi connectivity index (χ1v) is 10.7. The first-order valence-electron chi connectivity index (χ1n) is 10.7. The van der Waals surface area contributed by atoms with Crippen LogP contribution >= 0.6 is 0 Å². The van der Waals surface area contributed by atoms with Crippen LogP contribution in [0.2, 0.25) is 0 Å². The van der Waals surface area contributed by atoms with Gasteiger partial charge in [-0.25, -0.2) is 0 Å². The van der Waals surface area contributed by atoms with E-state index in [4.69, 9.17) is 14.0 Å². The molecule has 1 amide bonds. The highest BCUT2D eigenvalue weighted by atomic mass is 16.5. The van der Waals surface area contributed by atoms with E-state index in [-0.39, 0.29) is 17.2 Å². The lowest BCUT2D eigenvalue weighted by Crippen LogP contribution is -2.24. The summed E-state index contributed by atoms with van der Waals surface area (Å²) in [7, 11) is 3.24. The summed E-state index contributed by atoms with van der Waals surface area (Å²) < 4.78 is 16.3. The van der Waals surface area contributed by atoms with Crippen molar-refractivity contribution in [3.63, 3.8) is 0 Å². The Morgan fingerprint density at radius 3 is 2.50 bits per heavy atom. The number of benzene rings is 2. The normalized spacial score (nSPS) is 16.5. The van der Waals surface area contributed by atoms with Crippen LogP contribution in [-0.2, 0) is 16.8 Å². The van der Waals surface area contributed by atoms with Gasteiger partial charge in [0.1, 0.15) is 11.5 Å². The molecule has 0 N–H and O–H groups in total. The van der Waals surface area contributed by atoms with Crippen LogP contribution in [-0.4, -0.2) is 41.7 Å². The van der Waals surface area contributed by atoms with Crippen LogP contribution in [0.25, 0.3) is 11.5 Å². The highest BCUT2D eigenvalue weighted by molar-refractivity contribution is 5.79. The molecule has 1 saturated heterocycles. The molecule has 0 spiro atoms. The van der Waals surface area contributed by atoms with Crippen LogP contribution in [0.1, 0.15) is 50.1 Å². The van der Waals surface area contributed by atoms with Gasteiger partial charge in [0.25, 0.3) is 5.89 Å². The number of methoxy groups -OCH3 is 2. The third-order valence-corrected chi connectivity index (χ3v) is 5.87. The number of ether oxygens (including phenoxy) is 2. The number of amides is 1. The molecule has 1 fully saturated rings. The van der Waals surface area contributed by atoms with Gasteiger partial charge >= 0.3 is 0 Å². The average molecular weight is 436 g/mol. The lowest BCUT2D eigenvalue weighted by atomic mass is 9.87. The van der Waals surface area contributed by atoms with Gasteiger partial charge in [0, 0.05) is 36.6 Å². The fourth-order valence-corrected chi connectivity index (χ4v) is 3.94. The molecule has 2 aromatic carbocycles. The molecule has 168 valence electrons. The second kappa shape index (κ2) is 8.65. The lowest BCUT2D eigenvalue weighted by Gasteiger charge is -2.18. The largest absolute Gasteiger partial charge is 0.497 e. The van der Waals surface area contributed by atoms with Crippen molar-refractivity contribution in [1.29, 1.82) is 0 Å². The van der Waals surface area contributed by atoms with Gasteiger partial charge in [-0.05, 0) is 41.3 Å². The van der Waals surface area contributed by atoms with Crippen LogP contribution < -0.4 is 9.47 Å². The molecule has 0 saturated carbocycles. The summed E-state index contributed by atoms with van der Waals surface area (Å²) in [4.78, 5) is 19.1. The Labute approximate surface area is 188 Å². The molecular formula is C25H29N3O4. The summed E-state index contributed by atoms with van der Waals surface area (Å²) >= 11 is 0.